The Labute approximate surface area is 136 Å². The van der Waals surface area contributed by atoms with Crippen LogP contribution in [-0.2, 0) is 4.79 Å². The second-order valence-electron chi connectivity index (χ2n) is 5.06. The molecule has 0 saturated carbocycles. The van der Waals surface area contributed by atoms with Gasteiger partial charge in [0, 0.05) is 12.7 Å². The first-order valence-electron chi connectivity index (χ1n) is 7.49. The molecule has 2 aromatic rings. The highest BCUT2D eigenvalue weighted by molar-refractivity contribution is 5.80. The average molecular weight is 314 g/mol. The highest BCUT2D eigenvalue weighted by Gasteiger charge is 2.08. The number of ether oxygens (including phenoxy) is 2. The second-order valence-corrected chi connectivity index (χ2v) is 5.06. The summed E-state index contributed by atoms with van der Waals surface area (Å²) in [5, 5.41) is 3.10. The molecule has 2 aromatic carbocycles. The van der Waals surface area contributed by atoms with E-state index in [0.29, 0.717) is 13.2 Å². The second kappa shape index (κ2) is 8.68. The Hall–Kier alpha value is -2.69. The first kappa shape index (κ1) is 16.7. The number of carbonyl (C=O) groups is 1. The molecule has 5 heteroatoms. The summed E-state index contributed by atoms with van der Waals surface area (Å²) in [4.78, 5) is 13.7. The molecule has 1 amide bonds. The van der Waals surface area contributed by atoms with Gasteiger partial charge in [0.05, 0.1) is 20.2 Å². The van der Waals surface area contributed by atoms with Crippen LogP contribution in [0.3, 0.4) is 0 Å². The molecule has 0 radical (unpaired) electrons. The van der Waals surface area contributed by atoms with E-state index < -0.39 is 0 Å². The normalized spacial score (nSPS) is 10.0. The van der Waals surface area contributed by atoms with Gasteiger partial charge in [0.15, 0.2) is 0 Å². The van der Waals surface area contributed by atoms with Gasteiger partial charge in [0.2, 0.25) is 5.91 Å². The van der Waals surface area contributed by atoms with E-state index in [-0.39, 0.29) is 12.5 Å². The van der Waals surface area contributed by atoms with Crippen molar-refractivity contribution in [1.29, 1.82) is 0 Å². The van der Waals surface area contributed by atoms with Gasteiger partial charge in [-0.3, -0.25) is 4.79 Å². The number of amides is 1. The van der Waals surface area contributed by atoms with Crippen molar-refractivity contribution < 1.29 is 14.3 Å². The van der Waals surface area contributed by atoms with E-state index >= 15 is 0 Å². The number of hydrogen-bond acceptors (Lipinski definition) is 4. The largest absolute Gasteiger partial charge is 0.497 e. The maximum Gasteiger partial charge on any atom is 0.241 e. The molecule has 0 bridgehead atoms. The van der Waals surface area contributed by atoms with E-state index in [1.165, 1.54) is 0 Å². The fourth-order valence-corrected chi connectivity index (χ4v) is 1.97. The Morgan fingerprint density at radius 1 is 1.04 bits per heavy atom. The molecule has 122 valence electrons. The molecule has 0 fully saturated rings. The minimum Gasteiger partial charge on any atom is -0.497 e. The molecule has 0 aliphatic carbocycles. The van der Waals surface area contributed by atoms with Gasteiger partial charge in [-0.15, -0.1) is 0 Å². The zero-order valence-corrected chi connectivity index (χ0v) is 13.5. The van der Waals surface area contributed by atoms with Gasteiger partial charge >= 0.3 is 0 Å². The number of hydrogen-bond donors (Lipinski definition) is 1. The monoisotopic (exact) mass is 314 g/mol. The first-order chi connectivity index (χ1) is 11.2. The summed E-state index contributed by atoms with van der Waals surface area (Å²) in [5.41, 5.74) is 0.934. The molecule has 5 nitrogen and oxygen atoms in total. The quantitative estimate of drug-likeness (QED) is 0.814. The fraction of sp³-hybridized carbons (Fsp3) is 0.278. The van der Waals surface area contributed by atoms with Crippen molar-refractivity contribution in [1.82, 2.24) is 4.90 Å². The van der Waals surface area contributed by atoms with Crippen molar-refractivity contribution >= 4 is 11.6 Å². The summed E-state index contributed by atoms with van der Waals surface area (Å²) in [7, 11) is 3.40. The van der Waals surface area contributed by atoms with E-state index in [0.717, 1.165) is 17.2 Å². The molecule has 0 aliphatic heterocycles. The number of methoxy groups -OCH3 is 1. The van der Waals surface area contributed by atoms with Crippen LogP contribution in [0.4, 0.5) is 5.69 Å². The van der Waals surface area contributed by atoms with Gasteiger partial charge in [-0.1, -0.05) is 18.2 Å². The Bertz CT molecular complexity index is 599. The maximum atomic E-state index is 12.0. The lowest BCUT2D eigenvalue weighted by atomic mass is 10.3. The number of rotatable bonds is 8. The number of anilines is 1. The molecule has 0 saturated heterocycles. The average Bonchev–Trinajstić information content (AvgIpc) is 2.61. The zero-order chi connectivity index (χ0) is 16.5. The number of likely N-dealkylation sites (N-methyl/N-ethyl adjacent to an activating group) is 1. The molecular formula is C18H22N2O3. The Morgan fingerprint density at radius 3 is 2.35 bits per heavy atom. The molecule has 0 unspecified atom stereocenters. The summed E-state index contributed by atoms with van der Waals surface area (Å²) in [6, 6.07) is 17.0. The highest BCUT2D eigenvalue weighted by atomic mass is 16.5. The van der Waals surface area contributed by atoms with Crippen LogP contribution in [-0.4, -0.2) is 44.7 Å². The Morgan fingerprint density at radius 2 is 1.70 bits per heavy atom. The number of benzene rings is 2. The van der Waals surface area contributed by atoms with E-state index in [1.807, 2.05) is 54.6 Å². The van der Waals surface area contributed by atoms with Gasteiger partial charge in [-0.05, 0) is 36.4 Å². The lowest BCUT2D eigenvalue weighted by molar-refractivity contribution is -0.128. The summed E-state index contributed by atoms with van der Waals surface area (Å²) < 4.78 is 10.7. The van der Waals surface area contributed by atoms with Crippen LogP contribution in [0.1, 0.15) is 0 Å². The van der Waals surface area contributed by atoms with E-state index in [4.69, 9.17) is 9.47 Å². The number of nitrogens with zero attached hydrogens (tertiary/aromatic N) is 1. The summed E-state index contributed by atoms with van der Waals surface area (Å²) in [6.45, 7) is 1.24. The van der Waals surface area contributed by atoms with E-state index in [1.54, 1.807) is 19.1 Å². The lowest BCUT2D eigenvalue weighted by Gasteiger charge is -2.18. The van der Waals surface area contributed by atoms with Crippen LogP contribution < -0.4 is 14.8 Å². The molecule has 1 N–H and O–H groups in total. The molecular weight excluding hydrogens is 292 g/mol. The van der Waals surface area contributed by atoms with E-state index in [9.17, 15) is 4.79 Å². The molecule has 0 aromatic heterocycles. The van der Waals surface area contributed by atoms with Crippen LogP contribution in [0.5, 0.6) is 11.5 Å². The summed E-state index contributed by atoms with van der Waals surface area (Å²) in [6.07, 6.45) is 0. The predicted octanol–water partition coefficient (Wildman–Crippen LogP) is 2.64. The molecule has 0 heterocycles. The van der Waals surface area contributed by atoms with Crippen molar-refractivity contribution in [3.05, 3.63) is 54.6 Å². The van der Waals surface area contributed by atoms with Gasteiger partial charge in [-0.25, -0.2) is 0 Å². The molecule has 0 atom stereocenters. The number of para-hydroxylation sites is 1. The summed E-state index contributed by atoms with van der Waals surface area (Å²) >= 11 is 0. The van der Waals surface area contributed by atoms with Gasteiger partial charge < -0.3 is 19.7 Å². The van der Waals surface area contributed by atoms with Crippen LogP contribution >= 0.6 is 0 Å². The van der Waals surface area contributed by atoms with Crippen molar-refractivity contribution in [2.24, 2.45) is 0 Å². The number of nitrogens with one attached hydrogen (secondary N) is 1. The lowest BCUT2D eigenvalue weighted by Crippen LogP contribution is -2.35. The van der Waals surface area contributed by atoms with Crippen LogP contribution in [0.15, 0.2) is 54.6 Å². The maximum absolute atomic E-state index is 12.0. The van der Waals surface area contributed by atoms with Crippen LogP contribution in [0, 0.1) is 0 Å². The summed E-state index contributed by atoms with van der Waals surface area (Å²) in [5.74, 6) is 1.57. The van der Waals surface area contributed by atoms with Crippen LogP contribution in [0.2, 0.25) is 0 Å². The minimum absolute atomic E-state index is 0.0205. The first-order valence-corrected chi connectivity index (χ1v) is 7.49. The van der Waals surface area contributed by atoms with Crippen molar-refractivity contribution in [2.75, 3.05) is 39.2 Å². The van der Waals surface area contributed by atoms with Crippen molar-refractivity contribution in [3.63, 3.8) is 0 Å². The van der Waals surface area contributed by atoms with Gasteiger partial charge in [-0.2, -0.15) is 0 Å². The minimum atomic E-state index is 0.0205. The van der Waals surface area contributed by atoms with Crippen LogP contribution in [0.25, 0.3) is 0 Å². The fourth-order valence-electron chi connectivity index (χ4n) is 1.97. The van der Waals surface area contributed by atoms with Gasteiger partial charge in [0.1, 0.15) is 18.1 Å². The zero-order valence-electron chi connectivity index (χ0n) is 13.5. The van der Waals surface area contributed by atoms with E-state index in [2.05, 4.69) is 5.32 Å². The standard InChI is InChI=1S/C18H22N2O3/c1-20(18(21)14-19-15-6-4-3-5-7-15)12-13-23-17-10-8-16(22-2)9-11-17/h3-11,19H,12-14H2,1-2H3. The predicted molar refractivity (Wildman–Crippen MR) is 91.1 cm³/mol. The smallest absolute Gasteiger partial charge is 0.241 e. The van der Waals surface area contributed by atoms with Crippen molar-refractivity contribution in [3.8, 4) is 11.5 Å². The SMILES string of the molecule is COc1ccc(OCCN(C)C(=O)CNc2ccccc2)cc1. The third-order valence-corrected chi connectivity index (χ3v) is 3.40. The Kier molecular flexibility index (Phi) is 6.29. The third-order valence-electron chi connectivity index (χ3n) is 3.40. The number of carbonyl (C=O) groups excluding carboxylic acids is 1. The topological polar surface area (TPSA) is 50.8 Å². The molecule has 0 aliphatic rings. The van der Waals surface area contributed by atoms with Gasteiger partial charge in [0.25, 0.3) is 0 Å². The third kappa shape index (κ3) is 5.54. The molecule has 23 heavy (non-hydrogen) atoms. The molecule has 0 spiro atoms. The highest BCUT2D eigenvalue weighted by Crippen LogP contribution is 2.16. The Balaban J connectivity index is 1.69. The van der Waals surface area contributed by atoms with Crippen molar-refractivity contribution in [2.45, 2.75) is 0 Å². The molecule has 2 rings (SSSR count).